The van der Waals surface area contributed by atoms with Gasteiger partial charge in [0.1, 0.15) is 0 Å². The SMILES string of the molecule is Cc1ccc(C(=O)N2CC(C)CC(C)C2)cc1NC(=O)CCn1ccccc1=O. The fraction of sp³-hybridized carbons (Fsp3) is 0.435. The number of anilines is 1. The van der Waals surface area contributed by atoms with E-state index in [1.807, 2.05) is 24.0 Å². The van der Waals surface area contributed by atoms with Gasteiger partial charge >= 0.3 is 0 Å². The first kappa shape index (κ1) is 20.8. The number of likely N-dealkylation sites (tertiary alicyclic amines) is 1. The van der Waals surface area contributed by atoms with Crippen LogP contribution in [0.4, 0.5) is 5.69 Å². The van der Waals surface area contributed by atoms with Crippen molar-refractivity contribution in [1.82, 2.24) is 9.47 Å². The molecule has 1 aliphatic rings. The molecule has 1 fully saturated rings. The van der Waals surface area contributed by atoms with E-state index in [2.05, 4.69) is 19.2 Å². The lowest BCUT2D eigenvalue weighted by atomic mass is 9.91. The molecular weight excluding hydrogens is 366 g/mol. The predicted molar refractivity (Wildman–Crippen MR) is 114 cm³/mol. The molecule has 6 heteroatoms. The summed E-state index contributed by atoms with van der Waals surface area (Å²) in [5.41, 5.74) is 1.99. The standard InChI is InChI=1S/C23H29N3O3/c1-16-12-17(2)15-26(14-16)23(29)19-8-7-18(3)20(13-19)24-21(27)9-11-25-10-5-4-6-22(25)28/h4-8,10,13,16-17H,9,11-12,14-15H2,1-3H3,(H,24,27). The molecule has 1 aliphatic heterocycles. The van der Waals surface area contributed by atoms with Gasteiger partial charge in [0.2, 0.25) is 5.91 Å². The average molecular weight is 396 g/mol. The van der Waals surface area contributed by atoms with Crippen LogP contribution >= 0.6 is 0 Å². The van der Waals surface area contributed by atoms with Crippen molar-refractivity contribution < 1.29 is 9.59 Å². The molecule has 0 saturated carbocycles. The summed E-state index contributed by atoms with van der Waals surface area (Å²) in [6.45, 7) is 8.10. The van der Waals surface area contributed by atoms with Gasteiger partial charge in [-0.15, -0.1) is 0 Å². The monoisotopic (exact) mass is 395 g/mol. The van der Waals surface area contributed by atoms with Gasteiger partial charge in [-0.3, -0.25) is 14.4 Å². The molecule has 154 valence electrons. The van der Waals surface area contributed by atoms with E-state index in [-0.39, 0.29) is 23.8 Å². The third-order valence-corrected chi connectivity index (χ3v) is 5.39. The lowest BCUT2D eigenvalue weighted by Gasteiger charge is -2.35. The van der Waals surface area contributed by atoms with Crippen LogP contribution in [0.5, 0.6) is 0 Å². The van der Waals surface area contributed by atoms with Crippen molar-refractivity contribution in [2.24, 2.45) is 11.8 Å². The van der Waals surface area contributed by atoms with Gasteiger partial charge in [-0.1, -0.05) is 26.0 Å². The Balaban J connectivity index is 1.67. The molecule has 0 bridgehead atoms. The number of amides is 2. The first-order chi connectivity index (χ1) is 13.8. The van der Waals surface area contributed by atoms with E-state index < -0.39 is 0 Å². The maximum Gasteiger partial charge on any atom is 0.253 e. The second kappa shape index (κ2) is 9.07. The minimum atomic E-state index is -0.186. The van der Waals surface area contributed by atoms with Crippen LogP contribution in [-0.4, -0.2) is 34.4 Å². The first-order valence-corrected chi connectivity index (χ1v) is 10.2. The first-order valence-electron chi connectivity index (χ1n) is 10.2. The van der Waals surface area contributed by atoms with Crippen molar-refractivity contribution in [3.63, 3.8) is 0 Å². The molecule has 1 aromatic carbocycles. The number of aromatic nitrogens is 1. The van der Waals surface area contributed by atoms with Crippen LogP contribution in [0.15, 0.2) is 47.4 Å². The van der Waals surface area contributed by atoms with Gasteiger partial charge < -0.3 is 14.8 Å². The van der Waals surface area contributed by atoms with E-state index in [0.29, 0.717) is 29.6 Å². The quantitative estimate of drug-likeness (QED) is 0.844. The zero-order valence-electron chi connectivity index (χ0n) is 17.4. The Morgan fingerprint density at radius 2 is 1.83 bits per heavy atom. The molecule has 6 nitrogen and oxygen atoms in total. The molecule has 2 unspecified atom stereocenters. The topological polar surface area (TPSA) is 71.4 Å². The van der Waals surface area contributed by atoms with Crippen LogP contribution in [-0.2, 0) is 11.3 Å². The summed E-state index contributed by atoms with van der Waals surface area (Å²) in [4.78, 5) is 39.0. The van der Waals surface area contributed by atoms with Crippen LogP contribution in [0.2, 0.25) is 0 Å². The normalized spacial score (nSPS) is 19.1. The van der Waals surface area contributed by atoms with Gasteiger partial charge in [0.05, 0.1) is 0 Å². The van der Waals surface area contributed by atoms with Gasteiger partial charge in [0.15, 0.2) is 0 Å². The maximum atomic E-state index is 13.0. The highest BCUT2D eigenvalue weighted by atomic mass is 16.2. The molecular formula is C23H29N3O3. The van der Waals surface area contributed by atoms with Gasteiger partial charge in [0, 0.05) is 49.6 Å². The second-order valence-electron chi connectivity index (χ2n) is 8.22. The zero-order chi connectivity index (χ0) is 21.0. The summed E-state index contributed by atoms with van der Waals surface area (Å²) in [6, 6.07) is 10.4. The summed E-state index contributed by atoms with van der Waals surface area (Å²) < 4.78 is 1.51. The van der Waals surface area contributed by atoms with Crippen LogP contribution in [0.25, 0.3) is 0 Å². The van der Waals surface area contributed by atoms with Gasteiger partial charge in [-0.05, 0) is 48.9 Å². The van der Waals surface area contributed by atoms with Crippen LogP contribution in [0.1, 0.15) is 42.6 Å². The van der Waals surface area contributed by atoms with E-state index in [0.717, 1.165) is 25.1 Å². The largest absolute Gasteiger partial charge is 0.338 e. The zero-order valence-corrected chi connectivity index (χ0v) is 17.4. The summed E-state index contributed by atoms with van der Waals surface area (Å²) in [5, 5.41) is 2.89. The Hall–Kier alpha value is -2.89. The maximum absolute atomic E-state index is 13.0. The molecule has 2 aromatic rings. The highest BCUT2D eigenvalue weighted by molar-refractivity contribution is 5.97. The smallest absolute Gasteiger partial charge is 0.253 e. The summed E-state index contributed by atoms with van der Waals surface area (Å²) >= 11 is 0. The van der Waals surface area contributed by atoms with Gasteiger partial charge in [-0.2, -0.15) is 0 Å². The Labute approximate surface area is 171 Å². The van der Waals surface area contributed by atoms with E-state index >= 15 is 0 Å². The van der Waals surface area contributed by atoms with Crippen LogP contribution in [0.3, 0.4) is 0 Å². The lowest BCUT2D eigenvalue weighted by molar-refractivity contribution is -0.116. The van der Waals surface area contributed by atoms with E-state index in [9.17, 15) is 14.4 Å². The number of piperidine rings is 1. The molecule has 0 aliphatic carbocycles. The fourth-order valence-corrected chi connectivity index (χ4v) is 3.98. The average Bonchev–Trinajstić information content (AvgIpc) is 2.68. The molecule has 2 amide bonds. The number of benzene rings is 1. The van der Waals surface area contributed by atoms with Crippen molar-refractivity contribution in [3.8, 4) is 0 Å². The predicted octanol–water partition coefficient (Wildman–Crippen LogP) is 3.30. The van der Waals surface area contributed by atoms with Gasteiger partial charge in [0.25, 0.3) is 11.5 Å². The molecule has 2 atom stereocenters. The Bertz CT molecular complexity index is 940. The minimum absolute atomic E-state index is 0.00902. The van der Waals surface area contributed by atoms with E-state index in [4.69, 9.17) is 0 Å². The van der Waals surface area contributed by atoms with Crippen molar-refractivity contribution in [1.29, 1.82) is 0 Å². The Morgan fingerprint density at radius 1 is 1.10 bits per heavy atom. The molecule has 3 rings (SSSR count). The molecule has 1 N–H and O–H groups in total. The number of rotatable bonds is 5. The number of hydrogen-bond donors (Lipinski definition) is 1. The summed E-state index contributed by atoms with van der Waals surface area (Å²) in [7, 11) is 0. The Morgan fingerprint density at radius 3 is 2.52 bits per heavy atom. The van der Waals surface area contributed by atoms with E-state index in [1.54, 1.807) is 24.4 Å². The third kappa shape index (κ3) is 5.34. The number of carbonyl (C=O) groups excluding carboxylic acids is 2. The van der Waals surface area contributed by atoms with Crippen molar-refractivity contribution in [2.45, 2.75) is 40.2 Å². The molecule has 1 aromatic heterocycles. The third-order valence-electron chi connectivity index (χ3n) is 5.39. The number of nitrogens with one attached hydrogen (secondary N) is 1. The van der Waals surface area contributed by atoms with E-state index in [1.165, 1.54) is 10.6 Å². The van der Waals surface area contributed by atoms with Crippen molar-refractivity contribution >= 4 is 17.5 Å². The van der Waals surface area contributed by atoms with Crippen LogP contribution < -0.4 is 10.9 Å². The van der Waals surface area contributed by atoms with Crippen molar-refractivity contribution in [3.05, 3.63) is 64.1 Å². The second-order valence-corrected chi connectivity index (χ2v) is 8.22. The number of pyridine rings is 1. The summed E-state index contributed by atoms with van der Waals surface area (Å²) in [5.74, 6) is 0.811. The molecule has 1 saturated heterocycles. The Kier molecular flexibility index (Phi) is 6.52. The molecule has 0 radical (unpaired) electrons. The van der Waals surface area contributed by atoms with Gasteiger partial charge in [-0.25, -0.2) is 0 Å². The van der Waals surface area contributed by atoms with Crippen LogP contribution in [0, 0.1) is 18.8 Å². The number of carbonyl (C=O) groups is 2. The number of aryl methyl sites for hydroxylation is 2. The number of hydrogen-bond acceptors (Lipinski definition) is 3. The molecule has 2 heterocycles. The highest BCUT2D eigenvalue weighted by Gasteiger charge is 2.26. The molecule has 29 heavy (non-hydrogen) atoms. The fourth-order valence-electron chi connectivity index (χ4n) is 3.98. The highest BCUT2D eigenvalue weighted by Crippen LogP contribution is 2.24. The lowest BCUT2D eigenvalue weighted by Crippen LogP contribution is -2.42. The minimum Gasteiger partial charge on any atom is -0.338 e. The molecule has 0 spiro atoms. The van der Waals surface area contributed by atoms with Crippen molar-refractivity contribution in [2.75, 3.05) is 18.4 Å². The summed E-state index contributed by atoms with van der Waals surface area (Å²) in [6.07, 6.45) is 2.99. The number of nitrogens with zero attached hydrogens (tertiary/aromatic N) is 2.